The molecule has 2 aromatic carbocycles. The number of carbonyl (C=O) groups excluding carboxylic acids is 1. The number of aromatic nitrogens is 2. The highest BCUT2D eigenvalue weighted by Crippen LogP contribution is 2.34. The van der Waals surface area contributed by atoms with Crippen LogP contribution in [0.3, 0.4) is 0 Å². The van der Waals surface area contributed by atoms with Crippen LogP contribution < -0.4 is 9.64 Å². The number of aryl methyl sites for hydroxylation is 1. The van der Waals surface area contributed by atoms with Crippen LogP contribution in [0.2, 0.25) is 0 Å². The molecule has 0 spiro atoms. The molecule has 146 valence electrons. The maximum atomic E-state index is 12.8. The fourth-order valence-electron chi connectivity index (χ4n) is 3.92. The summed E-state index contributed by atoms with van der Waals surface area (Å²) < 4.78 is 7.55. The van der Waals surface area contributed by atoms with Crippen molar-refractivity contribution in [1.29, 1.82) is 0 Å². The molecule has 0 radical (unpaired) electrons. The van der Waals surface area contributed by atoms with Gasteiger partial charge in [0.1, 0.15) is 11.6 Å². The molecule has 5 heteroatoms. The van der Waals surface area contributed by atoms with E-state index < -0.39 is 0 Å². The van der Waals surface area contributed by atoms with Gasteiger partial charge in [-0.1, -0.05) is 26.0 Å². The summed E-state index contributed by atoms with van der Waals surface area (Å²) in [4.78, 5) is 19.6. The van der Waals surface area contributed by atoms with Gasteiger partial charge in [0.25, 0.3) is 0 Å². The molecule has 5 nitrogen and oxygen atoms in total. The largest absolute Gasteiger partial charge is 0.497 e. The first-order valence-corrected chi connectivity index (χ1v) is 9.96. The van der Waals surface area contributed by atoms with Crippen molar-refractivity contribution in [2.75, 3.05) is 18.6 Å². The summed E-state index contributed by atoms with van der Waals surface area (Å²) in [5.41, 5.74) is 3.09. The van der Waals surface area contributed by atoms with Gasteiger partial charge in [-0.2, -0.15) is 0 Å². The molecule has 1 fully saturated rings. The van der Waals surface area contributed by atoms with Crippen LogP contribution in [0.4, 0.5) is 5.69 Å². The fraction of sp³-hybridized carbons (Fsp3) is 0.391. The second-order valence-electron chi connectivity index (χ2n) is 7.90. The maximum absolute atomic E-state index is 12.8. The van der Waals surface area contributed by atoms with Crippen LogP contribution in [0, 0.1) is 5.92 Å². The molecule has 28 heavy (non-hydrogen) atoms. The zero-order chi connectivity index (χ0) is 19.7. The third-order valence-electron chi connectivity index (χ3n) is 5.49. The molecule has 0 saturated carbocycles. The van der Waals surface area contributed by atoms with Crippen molar-refractivity contribution < 1.29 is 9.53 Å². The van der Waals surface area contributed by atoms with E-state index in [-0.39, 0.29) is 11.8 Å². The summed E-state index contributed by atoms with van der Waals surface area (Å²) in [6.45, 7) is 6.07. The first kappa shape index (κ1) is 18.5. The average Bonchev–Trinajstić information content (AvgIpc) is 3.27. The number of anilines is 1. The number of carbonyl (C=O) groups is 1. The first-order valence-electron chi connectivity index (χ1n) is 9.96. The molecule has 1 unspecified atom stereocenters. The molecule has 0 bridgehead atoms. The molecule has 1 aliphatic heterocycles. The van der Waals surface area contributed by atoms with Crippen LogP contribution in [-0.2, 0) is 11.3 Å². The molecule has 1 atom stereocenters. The van der Waals surface area contributed by atoms with E-state index in [1.807, 2.05) is 35.2 Å². The van der Waals surface area contributed by atoms with Gasteiger partial charge in [0.15, 0.2) is 0 Å². The van der Waals surface area contributed by atoms with E-state index in [2.05, 4.69) is 36.6 Å². The molecule has 0 N–H and O–H groups in total. The lowest BCUT2D eigenvalue weighted by molar-refractivity contribution is -0.117. The number of hydrogen-bond donors (Lipinski definition) is 0. The van der Waals surface area contributed by atoms with Crippen LogP contribution in [0.5, 0.6) is 5.75 Å². The Bertz CT molecular complexity index is 975. The van der Waals surface area contributed by atoms with E-state index in [0.717, 1.165) is 41.3 Å². The van der Waals surface area contributed by atoms with Gasteiger partial charge in [0, 0.05) is 31.1 Å². The number of rotatable bonds is 6. The van der Waals surface area contributed by atoms with Crippen molar-refractivity contribution in [2.45, 2.75) is 39.2 Å². The Morgan fingerprint density at radius 3 is 2.61 bits per heavy atom. The van der Waals surface area contributed by atoms with Gasteiger partial charge in [-0.25, -0.2) is 4.98 Å². The van der Waals surface area contributed by atoms with Gasteiger partial charge in [0.05, 0.1) is 18.1 Å². The Hall–Kier alpha value is -2.82. The number of amides is 1. The predicted octanol–water partition coefficient (Wildman–Crippen LogP) is 4.61. The minimum absolute atomic E-state index is 0.106. The lowest BCUT2D eigenvalue weighted by Gasteiger charge is -2.18. The van der Waals surface area contributed by atoms with Crippen LogP contribution in [0.1, 0.15) is 38.4 Å². The molecule has 1 aliphatic rings. The Morgan fingerprint density at radius 2 is 1.89 bits per heavy atom. The number of methoxy groups -OCH3 is 1. The molecular weight excluding hydrogens is 350 g/mol. The van der Waals surface area contributed by atoms with Crippen molar-refractivity contribution >= 4 is 22.6 Å². The number of benzene rings is 2. The Balaban J connectivity index is 1.64. The second kappa shape index (κ2) is 7.66. The number of imidazole rings is 1. The number of hydrogen-bond acceptors (Lipinski definition) is 3. The summed E-state index contributed by atoms with van der Waals surface area (Å²) in [6, 6.07) is 16.0. The van der Waals surface area contributed by atoms with E-state index in [0.29, 0.717) is 18.9 Å². The normalized spacial score (nSPS) is 17.1. The van der Waals surface area contributed by atoms with Gasteiger partial charge in [-0.05, 0) is 48.7 Å². The van der Waals surface area contributed by atoms with E-state index in [4.69, 9.17) is 9.72 Å². The lowest BCUT2D eigenvalue weighted by atomic mass is 10.1. The Labute approximate surface area is 165 Å². The SMILES string of the molecule is COc1ccc(N2CC(c3nc4ccccc4n3CCC(C)C)CC2=O)cc1. The van der Waals surface area contributed by atoms with Gasteiger partial charge in [0.2, 0.25) is 5.91 Å². The zero-order valence-electron chi connectivity index (χ0n) is 16.8. The molecule has 4 rings (SSSR count). The molecule has 3 aromatic rings. The fourth-order valence-corrected chi connectivity index (χ4v) is 3.92. The number of para-hydroxylation sites is 2. The smallest absolute Gasteiger partial charge is 0.227 e. The summed E-state index contributed by atoms with van der Waals surface area (Å²) in [5.74, 6) is 2.70. The van der Waals surface area contributed by atoms with Crippen molar-refractivity contribution in [3.05, 3.63) is 54.4 Å². The molecule has 0 aliphatic carbocycles. The van der Waals surface area contributed by atoms with Gasteiger partial charge in [-0.15, -0.1) is 0 Å². The van der Waals surface area contributed by atoms with Crippen LogP contribution in [0.25, 0.3) is 11.0 Å². The standard InChI is InChI=1S/C23H27N3O2/c1-16(2)12-13-25-21-7-5-4-6-20(21)24-23(25)17-14-22(27)26(15-17)18-8-10-19(28-3)11-9-18/h4-11,16-17H,12-15H2,1-3H3. The maximum Gasteiger partial charge on any atom is 0.227 e. The van der Waals surface area contributed by atoms with E-state index in [9.17, 15) is 4.79 Å². The molecule has 1 aromatic heterocycles. The van der Waals surface area contributed by atoms with Crippen molar-refractivity contribution in [3.63, 3.8) is 0 Å². The van der Waals surface area contributed by atoms with Gasteiger partial charge >= 0.3 is 0 Å². The molecular formula is C23H27N3O2. The summed E-state index contributed by atoms with van der Waals surface area (Å²) >= 11 is 0. The van der Waals surface area contributed by atoms with Crippen LogP contribution >= 0.6 is 0 Å². The summed E-state index contributed by atoms with van der Waals surface area (Å²) in [6.07, 6.45) is 1.59. The minimum Gasteiger partial charge on any atom is -0.497 e. The molecule has 1 saturated heterocycles. The van der Waals surface area contributed by atoms with E-state index >= 15 is 0 Å². The summed E-state index contributed by atoms with van der Waals surface area (Å²) in [7, 11) is 1.65. The number of nitrogens with zero attached hydrogens (tertiary/aromatic N) is 3. The summed E-state index contributed by atoms with van der Waals surface area (Å²) in [5, 5.41) is 0. The second-order valence-corrected chi connectivity index (χ2v) is 7.90. The molecule has 1 amide bonds. The minimum atomic E-state index is 0.106. The van der Waals surface area contributed by atoms with Crippen LogP contribution in [-0.4, -0.2) is 29.1 Å². The van der Waals surface area contributed by atoms with Crippen molar-refractivity contribution in [2.24, 2.45) is 5.92 Å². The highest BCUT2D eigenvalue weighted by molar-refractivity contribution is 5.96. The molecule has 2 heterocycles. The number of fused-ring (bicyclic) bond motifs is 1. The monoisotopic (exact) mass is 377 g/mol. The quantitative estimate of drug-likeness (QED) is 0.630. The Morgan fingerprint density at radius 1 is 1.14 bits per heavy atom. The highest BCUT2D eigenvalue weighted by Gasteiger charge is 2.34. The average molecular weight is 377 g/mol. The van der Waals surface area contributed by atoms with E-state index in [1.165, 1.54) is 0 Å². The third-order valence-corrected chi connectivity index (χ3v) is 5.49. The van der Waals surface area contributed by atoms with E-state index in [1.54, 1.807) is 7.11 Å². The topological polar surface area (TPSA) is 47.4 Å². The van der Waals surface area contributed by atoms with Gasteiger partial charge < -0.3 is 14.2 Å². The zero-order valence-corrected chi connectivity index (χ0v) is 16.8. The number of ether oxygens (including phenoxy) is 1. The van der Waals surface area contributed by atoms with Crippen molar-refractivity contribution in [3.8, 4) is 5.75 Å². The Kier molecular flexibility index (Phi) is 5.07. The predicted molar refractivity (Wildman–Crippen MR) is 112 cm³/mol. The van der Waals surface area contributed by atoms with Gasteiger partial charge in [-0.3, -0.25) is 4.79 Å². The van der Waals surface area contributed by atoms with Crippen molar-refractivity contribution in [1.82, 2.24) is 9.55 Å². The first-order chi connectivity index (χ1) is 13.6. The highest BCUT2D eigenvalue weighted by atomic mass is 16.5. The van der Waals surface area contributed by atoms with Crippen LogP contribution in [0.15, 0.2) is 48.5 Å². The lowest BCUT2D eigenvalue weighted by Crippen LogP contribution is -2.24. The third kappa shape index (κ3) is 3.49.